The molecule has 1 aromatic heterocycles. The molecular weight excluding hydrogens is 304 g/mol. The van der Waals surface area contributed by atoms with E-state index in [4.69, 9.17) is 4.74 Å². The number of aromatic nitrogens is 2. The average molecular weight is 328 g/mol. The predicted octanol–water partition coefficient (Wildman–Crippen LogP) is 2.97. The Hall–Kier alpha value is -2.50. The molecule has 1 aliphatic heterocycles. The lowest BCUT2D eigenvalue weighted by Crippen LogP contribution is -2.35. The van der Waals surface area contributed by atoms with Gasteiger partial charge in [0.05, 0.1) is 19.3 Å². The molecule has 0 spiro atoms. The van der Waals surface area contributed by atoms with Gasteiger partial charge < -0.3 is 15.0 Å². The van der Waals surface area contributed by atoms with Crippen molar-refractivity contribution in [2.45, 2.75) is 32.7 Å². The van der Waals surface area contributed by atoms with Crippen molar-refractivity contribution in [2.24, 2.45) is 7.05 Å². The minimum absolute atomic E-state index is 0.0766. The van der Waals surface area contributed by atoms with Gasteiger partial charge in [0.1, 0.15) is 0 Å². The van der Waals surface area contributed by atoms with Crippen LogP contribution in [0.25, 0.3) is 0 Å². The largest absolute Gasteiger partial charge is 0.480 e. The van der Waals surface area contributed by atoms with Crippen LogP contribution in [-0.2, 0) is 26.4 Å². The summed E-state index contributed by atoms with van der Waals surface area (Å²) in [4.78, 5) is 14.5. The van der Waals surface area contributed by atoms with Gasteiger partial charge in [0, 0.05) is 24.8 Å². The van der Waals surface area contributed by atoms with E-state index in [0.717, 1.165) is 42.8 Å². The van der Waals surface area contributed by atoms with E-state index in [0.29, 0.717) is 12.4 Å². The summed E-state index contributed by atoms with van der Waals surface area (Å²) in [5.74, 6) is 0.671. The molecule has 128 valence electrons. The molecule has 0 bridgehead atoms. The lowest BCUT2D eigenvalue weighted by molar-refractivity contribution is 0.208. The van der Waals surface area contributed by atoms with Crippen molar-refractivity contribution in [3.63, 3.8) is 0 Å². The van der Waals surface area contributed by atoms with E-state index in [1.807, 2.05) is 40.9 Å². The highest BCUT2D eigenvalue weighted by molar-refractivity contribution is 5.89. The van der Waals surface area contributed by atoms with Crippen molar-refractivity contribution < 1.29 is 9.53 Å². The average Bonchev–Trinajstić information content (AvgIpc) is 2.77. The van der Waals surface area contributed by atoms with Gasteiger partial charge in [-0.25, -0.2) is 4.79 Å². The van der Waals surface area contributed by atoms with E-state index in [1.54, 1.807) is 7.11 Å². The van der Waals surface area contributed by atoms with Gasteiger partial charge in [0.2, 0.25) is 5.88 Å². The Bertz CT molecular complexity index is 721. The van der Waals surface area contributed by atoms with Gasteiger partial charge in [0.15, 0.2) is 0 Å². The van der Waals surface area contributed by atoms with Crippen LogP contribution < -0.4 is 10.1 Å². The standard InChI is InChI=1S/C18H24N4O2/c1-4-13-7-9-14(10-8-13)19-18(23)22-11-5-6-15-16(12-22)21(2)20-17(15)24-3/h7-10H,4-6,11-12H2,1-3H3,(H,19,23). The van der Waals surface area contributed by atoms with Crippen LogP contribution in [-0.4, -0.2) is 34.4 Å². The highest BCUT2D eigenvalue weighted by Gasteiger charge is 2.25. The third-order valence-electron chi connectivity index (χ3n) is 4.53. The van der Waals surface area contributed by atoms with E-state index >= 15 is 0 Å². The first-order valence-electron chi connectivity index (χ1n) is 8.36. The highest BCUT2D eigenvalue weighted by atomic mass is 16.5. The van der Waals surface area contributed by atoms with Gasteiger partial charge in [-0.2, -0.15) is 0 Å². The molecule has 0 fully saturated rings. The molecule has 0 saturated carbocycles. The third kappa shape index (κ3) is 3.22. The lowest BCUT2D eigenvalue weighted by atomic mass is 10.1. The Morgan fingerprint density at radius 3 is 2.75 bits per heavy atom. The molecule has 0 radical (unpaired) electrons. The second kappa shape index (κ2) is 6.95. The van der Waals surface area contributed by atoms with Crippen LogP contribution in [0.4, 0.5) is 10.5 Å². The van der Waals surface area contributed by atoms with Gasteiger partial charge in [-0.05, 0) is 37.0 Å². The number of benzene rings is 1. The first-order chi connectivity index (χ1) is 11.6. The fourth-order valence-electron chi connectivity index (χ4n) is 3.09. The van der Waals surface area contributed by atoms with E-state index in [-0.39, 0.29) is 6.03 Å². The van der Waals surface area contributed by atoms with Crippen LogP contribution in [0.1, 0.15) is 30.2 Å². The maximum Gasteiger partial charge on any atom is 0.322 e. The van der Waals surface area contributed by atoms with Crippen LogP contribution >= 0.6 is 0 Å². The summed E-state index contributed by atoms with van der Waals surface area (Å²) in [5.41, 5.74) is 4.24. The summed E-state index contributed by atoms with van der Waals surface area (Å²) in [6.07, 6.45) is 2.77. The SMILES string of the molecule is CCc1ccc(NC(=O)N2CCCc3c(OC)nn(C)c3C2)cc1. The summed E-state index contributed by atoms with van der Waals surface area (Å²) < 4.78 is 7.17. The molecule has 1 N–H and O–H groups in total. The number of anilines is 1. The smallest absolute Gasteiger partial charge is 0.322 e. The molecular formula is C18H24N4O2. The molecule has 3 rings (SSSR count). The van der Waals surface area contributed by atoms with E-state index in [2.05, 4.69) is 17.3 Å². The normalized spacial score (nSPS) is 14.0. The Morgan fingerprint density at radius 2 is 2.08 bits per heavy atom. The number of hydrogen-bond donors (Lipinski definition) is 1. The summed E-state index contributed by atoms with van der Waals surface area (Å²) >= 11 is 0. The van der Waals surface area contributed by atoms with Crippen molar-refractivity contribution in [1.29, 1.82) is 0 Å². The number of carbonyl (C=O) groups excluding carboxylic acids is 1. The number of carbonyl (C=O) groups is 1. The van der Waals surface area contributed by atoms with Gasteiger partial charge in [0.25, 0.3) is 0 Å². The third-order valence-corrected chi connectivity index (χ3v) is 4.53. The zero-order valence-corrected chi connectivity index (χ0v) is 14.5. The molecule has 0 atom stereocenters. The first-order valence-corrected chi connectivity index (χ1v) is 8.36. The van der Waals surface area contributed by atoms with Crippen LogP contribution in [0.5, 0.6) is 5.88 Å². The van der Waals surface area contributed by atoms with Crippen molar-refractivity contribution in [1.82, 2.24) is 14.7 Å². The number of aryl methyl sites for hydroxylation is 2. The van der Waals surface area contributed by atoms with Gasteiger partial charge in [-0.3, -0.25) is 4.68 Å². The second-order valence-electron chi connectivity index (χ2n) is 6.06. The Kier molecular flexibility index (Phi) is 4.74. The molecule has 6 heteroatoms. The summed E-state index contributed by atoms with van der Waals surface area (Å²) in [5, 5.41) is 7.37. The number of hydrogen-bond acceptors (Lipinski definition) is 3. The van der Waals surface area contributed by atoms with Crippen LogP contribution in [0.2, 0.25) is 0 Å². The maximum absolute atomic E-state index is 12.6. The molecule has 0 saturated heterocycles. The topological polar surface area (TPSA) is 59.4 Å². The molecule has 2 heterocycles. The fraction of sp³-hybridized carbons (Fsp3) is 0.444. The Morgan fingerprint density at radius 1 is 1.33 bits per heavy atom. The molecule has 24 heavy (non-hydrogen) atoms. The Labute approximate surface area is 142 Å². The van der Waals surface area contributed by atoms with Gasteiger partial charge in [-0.15, -0.1) is 5.10 Å². The number of ether oxygens (including phenoxy) is 1. The molecule has 1 aromatic carbocycles. The number of nitrogens with one attached hydrogen (secondary N) is 1. The number of rotatable bonds is 3. The van der Waals surface area contributed by atoms with E-state index in [9.17, 15) is 4.79 Å². The van der Waals surface area contributed by atoms with Crippen molar-refractivity contribution in [3.8, 4) is 5.88 Å². The molecule has 0 unspecified atom stereocenters. The monoisotopic (exact) mass is 328 g/mol. The maximum atomic E-state index is 12.6. The summed E-state index contributed by atoms with van der Waals surface area (Å²) in [6.45, 7) is 3.38. The van der Waals surface area contributed by atoms with Crippen LogP contribution in [0.15, 0.2) is 24.3 Å². The minimum Gasteiger partial charge on any atom is -0.480 e. The van der Waals surface area contributed by atoms with E-state index in [1.165, 1.54) is 5.56 Å². The lowest BCUT2D eigenvalue weighted by Gasteiger charge is -2.21. The summed E-state index contributed by atoms with van der Waals surface area (Å²) in [6, 6.07) is 7.91. The number of nitrogens with zero attached hydrogens (tertiary/aromatic N) is 3. The molecule has 1 aliphatic rings. The minimum atomic E-state index is -0.0766. The number of amides is 2. The zero-order chi connectivity index (χ0) is 17.1. The molecule has 2 amide bonds. The van der Waals surface area contributed by atoms with Crippen LogP contribution in [0, 0.1) is 0 Å². The van der Waals surface area contributed by atoms with Crippen molar-refractivity contribution >= 4 is 11.7 Å². The van der Waals surface area contributed by atoms with Crippen molar-refractivity contribution in [3.05, 3.63) is 41.1 Å². The predicted molar refractivity (Wildman–Crippen MR) is 93.3 cm³/mol. The molecule has 2 aromatic rings. The second-order valence-corrected chi connectivity index (χ2v) is 6.06. The zero-order valence-electron chi connectivity index (χ0n) is 14.5. The summed E-state index contributed by atoms with van der Waals surface area (Å²) in [7, 11) is 3.53. The number of fused-ring (bicyclic) bond motifs is 1. The first kappa shape index (κ1) is 16.4. The number of urea groups is 1. The molecule has 0 aliphatic carbocycles. The quantitative estimate of drug-likeness (QED) is 0.942. The van der Waals surface area contributed by atoms with Gasteiger partial charge >= 0.3 is 6.03 Å². The molecule has 6 nitrogen and oxygen atoms in total. The fourth-order valence-corrected chi connectivity index (χ4v) is 3.09. The van der Waals surface area contributed by atoms with Gasteiger partial charge in [-0.1, -0.05) is 19.1 Å². The van der Waals surface area contributed by atoms with E-state index < -0.39 is 0 Å². The Balaban J connectivity index is 1.73. The van der Waals surface area contributed by atoms with Crippen LogP contribution in [0.3, 0.4) is 0 Å². The van der Waals surface area contributed by atoms with Crippen molar-refractivity contribution in [2.75, 3.05) is 19.0 Å². The highest BCUT2D eigenvalue weighted by Crippen LogP contribution is 2.26. The number of methoxy groups -OCH3 is 1.